The van der Waals surface area contributed by atoms with Crippen LogP contribution in [0.1, 0.15) is 44.2 Å². The Labute approximate surface area is 112 Å². The van der Waals surface area contributed by atoms with E-state index in [0.717, 1.165) is 11.1 Å². The zero-order chi connectivity index (χ0) is 13.4. The molecule has 0 amide bonds. The second-order valence-electron chi connectivity index (χ2n) is 5.41. The first-order chi connectivity index (χ1) is 9.20. The van der Waals surface area contributed by atoms with Gasteiger partial charge in [0.2, 0.25) is 0 Å². The molecule has 0 bridgehead atoms. The fourth-order valence-corrected chi connectivity index (χ4v) is 3.18. The number of rotatable bonds is 3. The zero-order valence-electron chi connectivity index (χ0n) is 11.3. The first kappa shape index (κ1) is 12.5. The summed E-state index contributed by atoms with van der Waals surface area (Å²) in [5, 5.41) is 0. The van der Waals surface area contributed by atoms with Crippen molar-refractivity contribution in [3.63, 3.8) is 0 Å². The minimum absolute atomic E-state index is 0.0576. The van der Waals surface area contributed by atoms with Gasteiger partial charge < -0.3 is 10.2 Å². The van der Waals surface area contributed by atoms with Crippen LogP contribution in [0.15, 0.2) is 27.4 Å². The fraction of sp³-hybridized carbons (Fsp3) is 0.533. The molecule has 0 spiro atoms. The van der Waals surface area contributed by atoms with E-state index in [0.29, 0.717) is 18.0 Å². The summed E-state index contributed by atoms with van der Waals surface area (Å²) in [5.74, 6) is 0.279. The standard InChI is InChI=1S/C15H20N2O2/c1-2-17-12-8-7-11(9-13(12)19-15(17)18)14(16)10-5-3-4-6-10/h7-10,14H,2-6,16H2,1H3. The van der Waals surface area contributed by atoms with E-state index >= 15 is 0 Å². The molecule has 1 fully saturated rings. The second kappa shape index (κ2) is 4.85. The minimum Gasteiger partial charge on any atom is -0.408 e. The maximum absolute atomic E-state index is 11.7. The number of benzene rings is 1. The number of hydrogen-bond donors (Lipinski definition) is 1. The summed E-state index contributed by atoms with van der Waals surface area (Å²) in [6.07, 6.45) is 4.97. The SMILES string of the molecule is CCn1c(=O)oc2cc(C(N)C3CCCC3)ccc21. The molecule has 1 aromatic heterocycles. The topological polar surface area (TPSA) is 61.2 Å². The molecule has 19 heavy (non-hydrogen) atoms. The quantitative estimate of drug-likeness (QED) is 0.923. The Morgan fingerprint density at radius 1 is 1.42 bits per heavy atom. The number of aromatic nitrogens is 1. The van der Waals surface area contributed by atoms with E-state index in [1.54, 1.807) is 4.57 Å². The molecule has 1 aromatic carbocycles. The van der Waals surface area contributed by atoms with Crippen molar-refractivity contribution in [1.29, 1.82) is 0 Å². The van der Waals surface area contributed by atoms with Crippen LogP contribution in [0, 0.1) is 5.92 Å². The third kappa shape index (κ3) is 2.10. The highest BCUT2D eigenvalue weighted by molar-refractivity contribution is 5.73. The summed E-state index contributed by atoms with van der Waals surface area (Å²) >= 11 is 0. The third-order valence-corrected chi connectivity index (χ3v) is 4.30. The molecule has 4 nitrogen and oxygen atoms in total. The molecule has 1 unspecified atom stereocenters. The molecule has 0 aliphatic heterocycles. The van der Waals surface area contributed by atoms with E-state index in [4.69, 9.17) is 10.2 Å². The van der Waals surface area contributed by atoms with Gasteiger partial charge in [-0.05, 0) is 43.4 Å². The number of nitrogens with zero attached hydrogens (tertiary/aromatic N) is 1. The van der Waals surface area contributed by atoms with E-state index in [2.05, 4.69) is 0 Å². The highest BCUT2D eigenvalue weighted by atomic mass is 16.4. The molecule has 2 N–H and O–H groups in total. The monoisotopic (exact) mass is 260 g/mol. The van der Waals surface area contributed by atoms with Crippen molar-refractivity contribution < 1.29 is 4.42 Å². The normalized spacial score (nSPS) is 18.2. The van der Waals surface area contributed by atoms with Crippen LogP contribution in [0.3, 0.4) is 0 Å². The summed E-state index contributed by atoms with van der Waals surface area (Å²) in [6, 6.07) is 5.98. The smallest absolute Gasteiger partial charge is 0.408 e. The third-order valence-electron chi connectivity index (χ3n) is 4.30. The Morgan fingerprint density at radius 2 is 2.16 bits per heavy atom. The van der Waals surface area contributed by atoms with Gasteiger partial charge >= 0.3 is 5.76 Å². The van der Waals surface area contributed by atoms with Crippen LogP contribution in [0.25, 0.3) is 11.1 Å². The van der Waals surface area contributed by atoms with Gasteiger partial charge in [0.25, 0.3) is 0 Å². The fourth-order valence-electron chi connectivity index (χ4n) is 3.18. The van der Waals surface area contributed by atoms with Crippen LogP contribution < -0.4 is 11.5 Å². The van der Waals surface area contributed by atoms with Gasteiger partial charge in [-0.3, -0.25) is 4.57 Å². The van der Waals surface area contributed by atoms with Crippen molar-refractivity contribution in [2.75, 3.05) is 0 Å². The number of hydrogen-bond acceptors (Lipinski definition) is 3. The van der Waals surface area contributed by atoms with E-state index in [1.807, 2.05) is 25.1 Å². The predicted octanol–water partition coefficient (Wildman–Crippen LogP) is 2.80. The molecule has 1 aliphatic rings. The summed E-state index contributed by atoms with van der Waals surface area (Å²) in [6.45, 7) is 2.56. The van der Waals surface area contributed by atoms with Crippen molar-refractivity contribution in [3.05, 3.63) is 34.3 Å². The Balaban J connectivity index is 1.99. The molecule has 1 atom stereocenters. The maximum Gasteiger partial charge on any atom is 0.419 e. The zero-order valence-corrected chi connectivity index (χ0v) is 11.3. The highest BCUT2D eigenvalue weighted by Crippen LogP contribution is 2.34. The van der Waals surface area contributed by atoms with E-state index < -0.39 is 0 Å². The molecule has 4 heteroatoms. The maximum atomic E-state index is 11.7. The van der Waals surface area contributed by atoms with Gasteiger partial charge in [-0.25, -0.2) is 4.79 Å². The number of aryl methyl sites for hydroxylation is 1. The van der Waals surface area contributed by atoms with Gasteiger partial charge in [-0.1, -0.05) is 18.9 Å². The highest BCUT2D eigenvalue weighted by Gasteiger charge is 2.23. The lowest BCUT2D eigenvalue weighted by Crippen LogP contribution is -2.18. The molecule has 0 radical (unpaired) electrons. The van der Waals surface area contributed by atoms with Crippen LogP contribution in [-0.4, -0.2) is 4.57 Å². The summed E-state index contributed by atoms with van der Waals surface area (Å²) in [5.41, 5.74) is 8.93. The summed E-state index contributed by atoms with van der Waals surface area (Å²) in [7, 11) is 0. The largest absolute Gasteiger partial charge is 0.419 e. The van der Waals surface area contributed by atoms with Gasteiger partial charge in [-0.2, -0.15) is 0 Å². The molecule has 0 saturated heterocycles. The van der Waals surface area contributed by atoms with Gasteiger partial charge in [0.05, 0.1) is 5.52 Å². The van der Waals surface area contributed by atoms with Crippen LogP contribution in [0.5, 0.6) is 0 Å². The molecule has 1 heterocycles. The van der Waals surface area contributed by atoms with Crippen molar-refractivity contribution in [2.24, 2.45) is 11.7 Å². The van der Waals surface area contributed by atoms with Gasteiger partial charge in [0.1, 0.15) is 0 Å². The van der Waals surface area contributed by atoms with Gasteiger partial charge in [-0.15, -0.1) is 0 Å². The second-order valence-corrected chi connectivity index (χ2v) is 5.41. The Bertz CT molecular complexity index is 635. The number of fused-ring (bicyclic) bond motifs is 1. The minimum atomic E-state index is -0.288. The Morgan fingerprint density at radius 3 is 2.84 bits per heavy atom. The Hall–Kier alpha value is -1.55. The lowest BCUT2D eigenvalue weighted by atomic mass is 9.92. The average Bonchev–Trinajstić information content (AvgIpc) is 3.03. The average molecular weight is 260 g/mol. The van der Waals surface area contributed by atoms with Crippen LogP contribution in [0.2, 0.25) is 0 Å². The Kier molecular flexibility index (Phi) is 3.19. The summed E-state index contributed by atoms with van der Waals surface area (Å²) < 4.78 is 6.93. The van der Waals surface area contributed by atoms with Crippen molar-refractivity contribution in [1.82, 2.24) is 4.57 Å². The van der Waals surface area contributed by atoms with E-state index in [9.17, 15) is 4.79 Å². The molecular weight excluding hydrogens is 240 g/mol. The lowest BCUT2D eigenvalue weighted by molar-refractivity contribution is 0.444. The van der Waals surface area contributed by atoms with Crippen LogP contribution in [-0.2, 0) is 6.54 Å². The van der Waals surface area contributed by atoms with E-state index in [-0.39, 0.29) is 11.8 Å². The van der Waals surface area contributed by atoms with Gasteiger partial charge in [0.15, 0.2) is 5.58 Å². The number of oxazole rings is 1. The van der Waals surface area contributed by atoms with Crippen molar-refractivity contribution >= 4 is 11.1 Å². The molecule has 102 valence electrons. The van der Waals surface area contributed by atoms with E-state index in [1.165, 1.54) is 25.7 Å². The van der Waals surface area contributed by atoms with Crippen LogP contribution >= 0.6 is 0 Å². The first-order valence-corrected chi connectivity index (χ1v) is 7.09. The molecular formula is C15H20N2O2. The first-order valence-electron chi connectivity index (χ1n) is 7.09. The molecule has 3 rings (SSSR count). The van der Waals surface area contributed by atoms with Gasteiger partial charge in [0, 0.05) is 12.6 Å². The molecule has 2 aromatic rings. The van der Waals surface area contributed by atoms with Crippen molar-refractivity contribution in [3.8, 4) is 0 Å². The molecule has 1 aliphatic carbocycles. The van der Waals surface area contributed by atoms with Crippen molar-refractivity contribution in [2.45, 2.75) is 45.2 Å². The number of nitrogens with two attached hydrogens (primary N) is 1. The molecule has 1 saturated carbocycles. The lowest BCUT2D eigenvalue weighted by Gasteiger charge is -2.19. The summed E-state index contributed by atoms with van der Waals surface area (Å²) in [4.78, 5) is 11.7. The predicted molar refractivity (Wildman–Crippen MR) is 75.0 cm³/mol. The van der Waals surface area contributed by atoms with Crippen LogP contribution in [0.4, 0.5) is 0 Å².